The first-order valence-corrected chi connectivity index (χ1v) is 7.45. The van der Waals surface area contributed by atoms with Crippen LogP contribution in [0.4, 0.5) is 24.5 Å². The molecule has 0 saturated heterocycles. The summed E-state index contributed by atoms with van der Waals surface area (Å²) >= 11 is 0. The number of nitrogens with one attached hydrogen (secondary N) is 1. The van der Waals surface area contributed by atoms with E-state index in [-0.39, 0.29) is 17.0 Å². The summed E-state index contributed by atoms with van der Waals surface area (Å²) < 4.78 is 43.6. The van der Waals surface area contributed by atoms with Crippen molar-refractivity contribution in [3.05, 3.63) is 78.4 Å². The van der Waals surface area contributed by atoms with Gasteiger partial charge in [-0.25, -0.2) is 4.79 Å². The van der Waals surface area contributed by atoms with Gasteiger partial charge in [0.1, 0.15) is 11.4 Å². The van der Waals surface area contributed by atoms with Gasteiger partial charge in [-0.2, -0.15) is 13.2 Å². The van der Waals surface area contributed by atoms with E-state index in [1.165, 1.54) is 24.5 Å². The zero-order valence-corrected chi connectivity index (χ0v) is 13.2. The second-order valence-electron chi connectivity index (χ2n) is 5.18. The molecule has 0 spiro atoms. The van der Waals surface area contributed by atoms with E-state index in [1.54, 1.807) is 30.3 Å². The van der Waals surface area contributed by atoms with Crippen LogP contribution in [0.25, 0.3) is 0 Å². The normalized spacial score (nSPS) is 11.0. The molecular formula is C18H12F3N3O2. The van der Waals surface area contributed by atoms with Crippen LogP contribution in [0.1, 0.15) is 16.1 Å². The molecule has 0 bridgehead atoms. The average Bonchev–Trinajstić information content (AvgIpc) is 2.62. The van der Waals surface area contributed by atoms with E-state index in [1.807, 2.05) is 0 Å². The van der Waals surface area contributed by atoms with E-state index < -0.39 is 17.8 Å². The number of rotatable bonds is 4. The summed E-state index contributed by atoms with van der Waals surface area (Å²) in [5.41, 5.74) is -0.408. The Morgan fingerprint density at radius 3 is 2.58 bits per heavy atom. The van der Waals surface area contributed by atoms with Crippen molar-refractivity contribution < 1.29 is 22.7 Å². The number of ether oxygens (including phenoxy) is 1. The number of pyridine rings is 2. The van der Waals surface area contributed by atoms with Crippen LogP contribution in [-0.4, -0.2) is 15.9 Å². The molecule has 2 heterocycles. The van der Waals surface area contributed by atoms with Crippen molar-refractivity contribution in [2.75, 3.05) is 5.32 Å². The standard InChI is InChI=1S/C18H12F3N3O2/c19-18(20,21)16-10-12(7-9-23-16)24-15-6-2-1-5-14(15)17(25)26-13-4-3-8-22-11-13/h1-11H,(H,23,24). The Hall–Kier alpha value is -3.42. The van der Waals surface area contributed by atoms with Crippen LogP contribution in [0.3, 0.4) is 0 Å². The second-order valence-corrected chi connectivity index (χ2v) is 5.18. The number of aromatic nitrogens is 2. The van der Waals surface area contributed by atoms with Crippen LogP contribution in [0.15, 0.2) is 67.1 Å². The number of alkyl halides is 3. The molecule has 132 valence electrons. The molecule has 0 fully saturated rings. The summed E-state index contributed by atoms with van der Waals surface area (Å²) in [5, 5.41) is 2.80. The highest BCUT2D eigenvalue weighted by atomic mass is 19.4. The van der Waals surface area contributed by atoms with Gasteiger partial charge in [0.05, 0.1) is 17.4 Å². The smallest absolute Gasteiger partial charge is 0.421 e. The summed E-state index contributed by atoms with van der Waals surface area (Å²) in [7, 11) is 0. The van der Waals surface area contributed by atoms with Crippen LogP contribution in [0.5, 0.6) is 5.75 Å². The quantitative estimate of drug-likeness (QED) is 0.697. The summed E-state index contributed by atoms with van der Waals surface area (Å²) in [4.78, 5) is 19.5. The first-order valence-electron chi connectivity index (χ1n) is 7.45. The lowest BCUT2D eigenvalue weighted by atomic mass is 10.1. The highest BCUT2D eigenvalue weighted by Gasteiger charge is 2.32. The molecule has 0 aliphatic heterocycles. The minimum Gasteiger partial charge on any atom is -0.421 e. The zero-order chi connectivity index (χ0) is 18.6. The van der Waals surface area contributed by atoms with Gasteiger partial charge >= 0.3 is 12.1 Å². The van der Waals surface area contributed by atoms with Crippen molar-refractivity contribution in [1.82, 2.24) is 9.97 Å². The maximum absolute atomic E-state index is 12.8. The molecule has 26 heavy (non-hydrogen) atoms. The third-order valence-corrected chi connectivity index (χ3v) is 3.32. The van der Waals surface area contributed by atoms with E-state index in [2.05, 4.69) is 15.3 Å². The number of carbonyl (C=O) groups is 1. The van der Waals surface area contributed by atoms with Gasteiger partial charge in [-0.3, -0.25) is 9.97 Å². The van der Waals surface area contributed by atoms with E-state index in [0.29, 0.717) is 5.69 Å². The number of benzene rings is 1. The van der Waals surface area contributed by atoms with Crippen molar-refractivity contribution in [3.63, 3.8) is 0 Å². The van der Waals surface area contributed by atoms with E-state index in [9.17, 15) is 18.0 Å². The van der Waals surface area contributed by atoms with Gasteiger partial charge in [-0.15, -0.1) is 0 Å². The predicted octanol–water partition coefficient (Wildman–Crippen LogP) is 4.46. The molecule has 0 unspecified atom stereocenters. The Bertz CT molecular complexity index is 915. The molecule has 0 atom stereocenters. The van der Waals surface area contributed by atoms with Crippen LogP contribution in [0.2, 0.25) is 0 Å². The molecule has 2 aromatic heterocycles. The Morgan fingerprint density at radius 2 is 1.85 bits per heavy atom. The maximum Gasteiger partial charge on any atom is 0.433 e. The van der Waals surface area contributed by atoms with Crippen LogP contribution >= 0.6 is 0 Å². The first-order chi connectivity index (χ1) is 12.4. The SMILES string of the molecule is O=C(Oc1cccnc1)c1ccccc1Nc1ccnc(C(F)(F)F)c1. The number of hydrogen-bond acceptors (Lipinski definition) is 5. The monoisotopic (exact) mass is 359 g/mol. The van der Waals surface area contributed by atoms with Crippen molar-refractivity contribution in [2.45, 2.75) is 6.18 Å². The molecule has 0 aliphatic carbocycles. The summed E-state index contributed by atoms with van der Waals surface area (Å²) in [5.74, 6) is -0.401. The lowest BCUT2D eigenvalue weighted by Gasteiger charge is -2.13. The van der Waals surface area contributed by atoms with Gasteiger partial charge < -0.3 is 10.1 Å². The summed E-state index contributed by atoms with van der Waals surface area (Å²) in [6.07, 6.45) is -0.598. The molecule has 0 radical (unpaired) electrons. The fourth-order valence-corrected chi connectivity index (χ4v) is 2.16. The fraction of sp³-hybridized carbons (Fsp3) is 0.0556. The molecule has 5 nitrogen and oxygen atoms in total. The van der Waals surface area contributed by atoms with Crippen LogP contribution in [-0.2, 0) is 6.18 Å². The third-order valence-electron chi connectivity index (χ3n) is 3.32. The number of para-hydroxylation sites is 1. The predicted molar refractivity (Wildman–Crippen MR) is 88.2 cm³/mol. The van der Waals surface area contributed by atoms with Crippen LogP contribution < -0.4 is 10.1 Å². The minimum absolute atomic E-state index is 0.147. The molecule has 3 aromatic rings. The minimum atomic E-state index is -4.56. The van der Waals surface area contributed by atoms with Crippen molar-refractivity contribution >= 4 is 17.3 Å². The Balaban J connectivity index is 1.85. The Kier molecular flexibility index (Phi) is 4.83. The van der Waals surface area contributed by atoms with E-state index in [0.717, 1.165) is 12.3 Å². The topological polar surface area (TPSA) is 64.1 Å². The molecule has 8 heteroatoms. The highest BCUT2D eigenvalue weighted by Crippen LogP contribution is 2.30. The molecule has 1 aromatic carbocycles. The number of nitrogens with zero attached hydrogens (tertiary/aromatic N) is 2. The second kappa shape index (κ2) is 7.22. The zero-order valence-electron chi connectivity index (χ0n) is 13.2. The van der Waals surface area contributed by atoms with Gasteiger partial charge in [0.25, 0.3) is 0 Å². The largest absolute Gasteiger partial charge is 0.433 e. The molecule has 3 rings (SSSR count). The van der Waals surface area contributed by atoms with Crippen molar-refractivity contribution in [3.8, 4) is 5.75 Å². The first kappa shape index (κ1) is 17.4. The highest BCUT2D eigenvalue weighted by molar-refractivity contribution is 5.97. The molecule has 1 N–H and O–H groups in total. The third kappa shape index (κ3) is 4.15. The Labute approximate surface area is 146 Å². The van der Waals surface area contributed by atoms with E-state index >= 15 is 0 Å². The summed E-state index contributed by atoms with van der Waals surface area (Å²) in [6, 6.07) is 11.8. The number of esters is 1. The van der Waals surface area contributed by atoms with Gasteiger partial charge in [0, 0.05) is 18.1 Å². The van der Waals surface area contributed by atoms with Gasteiger partial charge in [0.15, 0.2) is 0 Å². The van der Waals surface area contributed by atoms with Crippen molar-refractivity contribution in [1.29, 1.82) is 0 Å². The van der Waals surface area contributed by atoms with Crippen molar-refractivity contribution in [2.24, 2.45) is 0 Å². The molecule has 0 amide bonds. The summed E-state index contributed by atoms with van der Waals surface area (Å²) in [6.45, 7) is 0. The number of halogens is 3. The van der Waals surface area contributed by atoms with E-state index in [4.69, 9.17) is 4.74 Å². The number of carbonyl (C=O) groups excluding carboxylic acids is 1. The fourth-order valence-electron chi connectivity index (χ4n) is 2.16. The average molecular weight is 359 g/mol. The maximum atomic E-state index is 12.8. The van der Waals surface area contributed by atoms with Crippen LogP contribution in [0, 0.1) is 0 Å². The van der Waals surface area contributed by atoms with Gasteiger partial charge in [0.2, 0.25) is 0 Å². The number of anilines is 2. The van der Waals surface area contributed by atoms with Gasteiger partial charge in [-0.05, 0) is 36.4 Å². The lowest BCUT2D eigenvalue weighted by molar-refractivity contribution is -0.141. The lowest BCUT2D eigenvalue weighted by Crippen LogP contribution is -2.12. The Morgan fingerprint density at radius 1 is 1.04 bits per heavy atom. The number of hydrogen-bond donors (Lipinski definition) is 1. The molecule has 0 aliphatic rings. The molecule has 0 saturated carbocycles. The molecular weight excluding hydrogens is 347 g/mol. The van der Waals surface area contributed by atoms with Gasteiger partial charge in [-0.1, -0.05) is 12.1 Å².